The fraction of sp³-hybridized carbons (Fsp3) is 0.429. The van der Waals surface area contributed by atoms with Crippen molar-refractivity contribution in [3.63, 3.8) is 0 Å². The molecule has 22 heavy (non-hydrogen) atoms. The van der Waals surface area contributed by atoms with E-state index < -0.39 is 0 Å². The quantitative estimate of drug-likeness (QED) is 0.933. The summed E-state index contributed by atoms with van der Waals surface area (Å²) in [6, 6.07) is 3.31. The Kier molecular flexibility index (Phi) is 4.19. The number of anilines is 1. The number of nitrogens with one attached hydrogen (secondary N) is 1. The Morgan fingerprint density at radius 3 is 3.00 bits per heavy atom. The Morgan fingerprint density at radius 1 is 1.45 bits per heavy atom. The van der Waals surface area contributed by atoms with Crippen LogP contribution in [0.15, 0.2) is 22.8 Å². The summed E-state index contributed by atoms with van der Waals surface area (Å²) in [5.41, 5.74) is 0. The molecule has 7 nitrogen and oxygen atoms in total. The lowest BCUT2D eigenvalue weighted by Crippen LogP contribution is -2.43. The summed E-state index contributed by atoms with van der Waals surface area (Å²) in [7, 11) is 0. The molecular formula is C14H16N4O3S. The van der Waals surface area contributed by atoms with Crippen LogP contribution in [0.25, 0.3) is 0 Å². The highest BCUT2D eigenvalue weighted by Crippen LogP contribution is 2.21. The van der Waals surface area contributed by atoms with Crippen molar-refractivity contribution in [2.45, 2.75) is 19.8 Å². The second-order valence-corrected chi connectivity index (χ2v) is 6.36. The van der Waals surface area contributed by atoms with Gasteiger partial charge in [0.25, 0.3) is 5.91 Å². The number of rotatable bonds is 3. The molecule has 0 spiro atoms. The van der Waals surface area contributed by atoms with Gasteiger partial charge in [0.05, 0.1) is 12.2 Å². The minimum Gasteiger partial charge on any atom is -0.459 e. The Balaban J connectivity index is 1.62. The van der Waals surface area contributed by atoms with Gasteiger partial charge in [-0.3, -0.25) is 9.59 Å². The highest BCUT2D eigenvalue weighted by molar-refractivity contribution is 7.15. The molecule has 0 saturated carbocycles. The van der Waals surface area contributed by atoms with Gasteiger partial charge in [0.2, 0.25) is 11.0 Å². The lowest BCUT2D eigenvalue weighted by Gasteiger charge is -2.31. The molecule has 1 aliphatic rings. The summed E-state index contributed by atoms with van der Waals surface area (Å²) in [4.78, 5) is 26.2. The monoisotopic (exact) mass is 320 g/mol. The molecule has 1 unspecified atom stereocenters. The highest BCUT2D eigenvalue weighted by atomic mass is 32.1. The molecule has 8 heteroatoms. The van der Waals surface area contributed by atoms with Gasteiger partial charge in [-0.2, -0.15) is 0 Å². The number of amides is 2. The highest BCUT2D eigenvalue weighted by Gasteiger charge is 2.30. The van der Waals surface area contributed by atoms with E-state index in [1.165, 1.54) is 17.6 Å². The number of aromatic nitrogens is 2. The van der Waals surface area contributed by atoms with Gasteiger partial charge in [0, 0.05) is 13.1 Å². The van der Waals surface area contributed by atoms with Gasteiger partial charge in [0.1, 0.15) is 5.01 Å². The molecule has 1 N–H and O–H groups in total. The minimum absolute atomic E-state index is 0.118. The SMILES string of the molecule is Cc1nnc(NC(=O)C2CCCN(C(=O)c3ccco3)C2)s1. The van der Waals surface area contributed by atoms with E-state index in [4.69, 9.17) is 4.42 Å². The number of hydrogen-bond donors (Lipinski definition) is 1. The van der Waals surface area contributed by atoms with Crippen molar-refractivity contribution in [1.29, 1.82) is 0 Å². The van der Waals surface area contributed by atoms with Gasteiger partial charge < -0.3 is 14.6 Å². The number of aryl methyl sites for hydroxylation is 1. The Labute approximate surface area is 131 Å². The first-order valence-corrected chi connectivity index (χ1v) is 7.89. The van der Waals surface area contributed by atoms with Crippen LogP contribution >= 0.6 is 11.3 Å². The third-order valence-electron chi connectivity index (χ3n) is 3.57. The van der Waals surface area contributed by atoms with Crippen molar-refractivity contribution in [2.24, 2.45) is 5.92 Å². The molecule has 1 fully saturated rings. The van der Waals surface area contributed by atoms with Gasteiger partial charge in [-0.25, -0.2) is 0 Å². The Morgan fingerprint density at radius 2 is 2.32 bits per heavy atom. The van der Waals surface area contributed by atoms with Crippen molar-refractivity contribution >= 4 is 28.3 Å². The second-order valence-electron chi connectivity index (χ2n) is 5.18. The zero-order chi connectivity index (χ0) is 15.5. The lowest BCUT2D eigenvalue weighted by molar-refractivity contribution is -0.121. The average molecular weight is 320 g/mol. The molecule has 1 atom stereocenters. The number of furan rings is 1. The van der Waals surface area contributed by atoms with Crippen molar-refractivity contribution < 1.29 is 14.0 Å². The van der Waals surface area contributed by atoms with Crippen LogP contribution in [0.4, 0.5) is 5.13 Å². The Bertz CT molecular complexity index is 667. The molecule has 3 heterocycles. The summed E-state index contributed by atoms with van der Waals surface area (Å²) < 4.78 is 5.13. The van der Waals surface area contributed by atoms with Gasteiger partial charge in [-0.05, 0) is 31.9 Å². The smallest absolute Gasteiger partial charge is 0.289 e. The van der Waals surface area contributed by atoms with Crippen LogP contribution < -0.4 is 5.32 Å². The van der Waals surface area contributed by atoms with Gasteiger partial charge in [-0.15, -0.1) is 10.2 Å². The maximum Gasteiger partial charge on any atom is 0.289 e. The van der Waals surface area contributed by atoms with E-state index >= 15 is 0 Å². The molecule has 2 amide bonds. The lowest BCUT2D eigenvalue weighted by atomic mass is 9.97. The molecule has 3 rings (SSSR count). The van der Waals surface area contributed by atoms with Crippen molar-refractivity contribution in [3.8, 4) is 0 Å². The fourth-order valence-electron chi connectivity index (χ4n) is 2.49. The molecule has 0 aromatic carbocycles. The predicted octanol–water partition coefficient (Wildman–Crippen LogP) is 1.93. The van der Waals surface area contributed by atoms with Crippen LogP contribution in [0.3, 0.4) is 0 Å². The maximum atomic E-state index is 12.3. The number of carbonyl (C=O) groups excluding carboxylic acids is 2. The molecule has 0 bridgehead atoms. The maximum absolute atomic E-state index is 12.3. The minimum atomic E-state index is -0.239. The van der Waals surface area contributed by atoms with E-state index in [1.807, 2.05) is 6.92 Å². The third-order valence-corrected chi connectivity index (χ3v) is 4.32. The zero-order valence-electron chi connectivity index (χ0n) is 12.1. The standard InChI is InChI=1S/C14H16N4O3S/c1-9-16-17-14(22-9)15-12(19)10-4-2-6-18(8-10)13(20)11-5-3-7-21-11/h3,5,7,10H,2,4,6,8H2,1H3,(H,15,17,19). The van der Waals surface area contributed by atoms with E-state index in [2.05, 4.69) is 15.5 Å². The number of piperidine rings is 1. The topological polar surface area (TPSA) is 88.3 Å². The summed E-state index contributed by atoms with van der Waals surface area (Å²) >= 11 is 1.34. The molecule has 0 aliphatic carbocycles. The molecule has 0 radical (unpaired) electrons. The van der Waals surface area contributed by atoms with Crippen LogP contribution in [-0.4, -0.2) is 40.0 Å². The first-order chi connectivity index (χ1) is 10.6. The zero-order valence-corrected chi connectivity index (χ0v) is 12.9. The number of nitrogens with zero attached hydrogens (tertiary/aromatic N) is 3. The van der Waals surface area contributed by atoms with Crippen LogP contribution in [0.1, 0.15) is 28.4 Å². The van der Waals surface area contributed by atoms with Crippen LogP contribution in [0.5, 0.6) is 0 Å². The van der Waals surface area contributed by atoms with Crippen molar-refractivity contribution in [3.05, 3.63) is 29.2 Å². The van der Waals surface area contributed by atoms with Crippen LogP contribution in [-0.2, 0) is 4.79 Å². The molecule has 1 saturated heterocycles. The van der Waals surface area contributed by atoms with Gasteiger partial charge in [-0.1, -0.05) is 11.3 Å². The van der Waals surface area contributed by atoms with E-state index in [9.17, 15) is 9.59 Å². The number of likely N-dealkylation sites (tertiary alicyclic amines) is 1. The van der Waals surface area contributed by atoms with E-state index in [-0.39, 0.29) is 17.7 Å². The largest absolute Gasteiger partial charge is 0.459 e. The first-order valence-electron chi connectivity index (χ1n) is 7.07. The van der Waals surface area contributed by atoms with Crippen molar-refractivity contribution in [2.75, 3.05) is 18.4 Å². The summed E-state index contributed by atoms with van der Waals surface area (Å²) in [6.45, 7) is 2.86. The first kappa shape index (κ1) is 14.7. The summed E-state index contributed by atoms with van der Waals surface area (Å²) in [5, 5.41) is 11.8. The molecule has 2 aromatic rings. The normalized spacial score (nSPS) is 18.2. The van der Waals surface area contributed by atoms with Crippen LogP contribution in [0, 0.1) is 12.8 Å². The molecule has 2 aromatic heterocycles. The Hall–Kier alpha value is -2.22. The van der Waals surface area contributed by atoms with Crippen molar-refractivity contribution in [1.82, 2.24) is 15.1 Å². The molecular weight excluding hydrogens is 304 g/mol. The van der Waals surface area contributed by atoms with E-state index in [0.717, 1.165) is 17.8 Å². The van der Waals surface area contributed by atoms with Gasteiger partial charge in [0.15, 0.2) is 5.76 Å². The van der Waals surface area contributed by atoms with E-state index in [0.29, 0.717) is 24.0 Å². The number of carbonyl (C=O) groups is 2. The van der Waals surface area contributed by atoms with Gasteiger partial charge >= 0.3 is 0 Å². The predicted molar refractivity (Wildman–Crippen MR) is 80.6 cm³/mol. The fourth-order valence-corrected chi connectivity index (χ4v) is 3.08. The summed E-state index contributed by atoms with van der Waals surface area (Å²) in [6.07, 6.45) is 3.02. The molecule has 1 aliphatic heterocycles. The van der Waals surface area contributed by atoms with E-state index in [1.54, 1.807) is 17.0 Å². The second kappa shape index (κ2) is 6.27. The van der Waals surface area contributed by atoms with Crippen LogP contribution in [0.2, 0.25) is 0 Å². The third kappa shape index (κ3) is 3.16. The molecule has 116 valence electrons. The summed E-state index contributed by atoms with van der Waals surface area (Å²) in [5.74, 6) is -0.222. The average Bonchev–Trinajstić information content (AvgIpc) is 3.18. The number of hydrogen-bond acceptors (Lipinski definition) is 6.